The van der Waals surface area contributed by atoms with E-state index in [9.17, 15) is 9.90 Å². The van der Waals surface area contributed by atoms with Gasteiger partial charge in [0.25, 0.3) is 0 Å². The second-order valence-electron chi connectivity index (χ2n) is 2.50. The average Bonchev–Trinajstić information content (AvgIpc) is 2.16. The molecule has 0 amide bonds. The highest BCUT2D eigenvalue weighted by Gasteiger charge is 2.06. The summed E-state index contributed by atoms with van der Waals surface area (Å²) in [7, 11) is 0. The van der Waals surface area contributed by atoms with Crippen molar-refractivity contribution in [2.24, 2.45) is 0 Å². The molecule has 2 nitrogen and oxygen atoms in total. The third-order valence-corrected chi connectivity index (χ3v) is 2.94. The highest BCUT2D eigenvalue weighted by molar-refractivity contribution is 9.09. The van der Waals surface area contributed by atoms with Crippen molar-refractivity contribution in [2.75, 3.05) is 0 Å². The molecule has 13 heavy (non-hydrogen) atoms. The summed E-state index contributed by atoms with van der Waals surface area (Å²) in [6.45, 7) is 0. The van der Waals surface area contributed by atoms with Gasteiger partial charge in [0.15, 0.2) is 0 Å². The third kappa shape index (κ3) is 2.31. The fourth-order valence-electron chi connectivity index (χ4n) is 1.11. The molecule has 0 saturated carbocycles. The Hall–Kier alpha value is -0.350. The molecule has 1 aromatic rings. The predicted octanol–water partition coefficient (Wildman–Crippen LogP) is 1.84. The molecule has 70 valence electrons. The van der Waals surface area contributed by atoms with Crippen LogP contribution in [-0.4, -0.2) is 5.97 Å². The molecule has 0 unspecified atom stereocenters. The minimum absolute atomic E-state index is 0.258. The number of carbonyl (C=O) groups is 1. The van der Waals surface area contributed by atoms with E-state index in [1.165, 1.54) is 0 Å². The lowest BCUT2D eigenvalue weighted by molar-refractivity contribution is -0.255. The number of alkyl halides is 2. The summed E-state index contributed by atoms with van der Waals surface area (Å²) in [6.07, 6.45) is 0. The smallest absolute Gasteiger partial charge is 0.0718 e. The van der Waals surface area contributed by atoms with E-state index in [1.807, 2.05) is 6.07 Å². The van der Waals surface area contributed by atoms with Gasteiger partial charge in [-0.25, -0.2) is 0 Å². The van der Waals surface area contributed by atoms with Gasteiger partial charge in [0.05, 0.1) is 5.97 Å². The molecular formula is C9H7Br2O2-. The van der Waals surface area contributed by atoms with E-state index in [0.29, 0.717) is 10.7 Å². The van der Waals surface area contributed by atoms with Crippen LogP contribution in [0.15, 0.2) is 18.2 Å². The standard InChI is InChI=1S/C9H8Br2O2/c10-4-6-2-1-3-7(9(12)13)8(6)5-11/h1-3H,4-5H2,(H,12,13)/p-1. The monoisotopic (exact) mass is 305 g/mol. The van der Waals surface area contributed by atoms with Crippen LogP contribution in [0, 0.1) is 0 Å². The molecule has 0 fully saturated rings. The number of aromatic carboxylic acids is 1. The second-order valence-corrected chi connectivity index (χ2v) is 3.62. The number of hydrogen-bond acceptors (Lipinski definition) is 2. The Labute approximate surface area is 93.2 Å². The minimum atomic E-state index is -1.13. The van der Waals surface area contributed by atoms with Gasteiger partial charge >= 0.3 is 0 Å². The zero-order chi connectivity index (χ0) is 9.84. The fraction of sp³-hybridized carbons (Fsp3) is 0.222. The number of carbonyl (C=O) groups excluding carboxylic acids is 1. The van der Waals surface area contributed by atoms with Crippen LogP contribution in [0.1, 0.15) is 21.5 Å². The third-order valence-electron chi connectivity index (χ3n) is 1.77. The van der Waals surface area contributed by atoms with Crippen LogP contribution in [0.5, 0.6) is 0 Å². The highest BCUT2D eigenvalue weighted by Crippen LogP contribution is 2.19. The molecule has 0 radical (unpaired) electrons. The van der Waals surface area contributed by atoms with E-state index in [4.69, 9.17) is 0 Å². The molecule has 1 rings (SSSR count). The maximum Gasteiger partial charge on any atom is 0.0718 e. The molecule has 0 spiro atoms. The van der Waals surface area contributed by atoms with E-state index in [1.54, 1.807) is 12.1 Å². The quantitative estimate of drug-likeness (QED) is 0.800. The first-order valence-electron chi connectivity index (χ1n) is 3.64. The number of carboxylic acid groups (broad SMARTS) is 1. The van der Waals surface area contributed by atoms with Gasteiger partial charge in [0.1, 0.15) is 0 Å². The van der Waals surface area contributed by atoms with Crippen LogP contribution in [0.25, 0.3) is 0 Å². The molecule has 0 atom stereocenters. The van der Waals surface area contributed by atoms with Crippen molar-refractivity contribution < 1.29 is 9.90 Å². The molecule has 0 bridgehead atoms. The van der Waals surface area contributed by atoms with Crippen molar-refractivity contribution in [2.45, 2.75) is 10.7 Å². The Morgan fingerprint density at radius 2 is 2.00 bits per heavy atom. The van der Waals surface area contributed by atoms with Crippen LogP contribution in [0.3, 0.4) is 0 Å². The maximum atomic E-state index is 10.7. The van der Waals surface area contributed by atoms with Crippen molar-refractivity contribution in [3.63, 3.8) is 0 Å². The summed E-state index contributed by atoms with van der Waals surface area (Å²) < 4.78 is 0. The van der Waals surface area contributed by atoms with Crippen LogP contribution in [0.4, 0.5) is 0 Å². The Balaban J connectivity index is 3.27. The first-order chi connectivity index (χ1) is 6.20. The van der Waals surface area contributed by atoms with E-state index >= 15 is 0 Å². The molecule has 0 heterocycles. The van der Waals surface area contributed by atoms with Crippen molar-refractivity contribution >= 4 is 37.8 Å². The first kappa shape index (κ1) is 10.7. The Bertz CT molecular complexity index is 323. The molecule has 0 N–H and O–H groups in total. The lowest BCUT2D eigenvalue weighted by Crippen LogP contribution is -2.24. The lowest BCUT2D eigenvalue weighted by atomic mass is 10.0. The second kappa shape index (κ2) is 4.77. The van der Waals surface area contributed by atoms with Gasteiger partial charge in [0, 0.05) is 16.2 Å². The number of hydrogen-bond donors (Lipinski definition) is 0. The van der Waals surface area contributed by atoms with E-state index < -0.39 is 5.97 Å². The van der Waals surface area contributed by atoms with Gasteiger partial charge in [-0.1, -0.05) is 50.1 Å². The van der Waals surface area contributed by atoms with Gasteiger partial charge in [-0.05, 0) is 11.1 Å². The summed E-state index contributed by atoms with van der Waals surface area (Å²) in [4.78, 5) is 10.7. The van der Waals surface area contributed by atoms with Gasteiger partial charge < -0.3 is 9.90 Å². The largest absolute Gasteiger partial charge is 0.545 e. The SMILES string of the molecule is O=C([O-])c1cccc(CBr)c1CBr. The zero-order valence-electron chi connectivity index (χ0n) is 6.72. The van der Waals surface area contributed by atoms with E-state index in [2.05, 4.69) is 31.9 Å². The number of halogens is 2. The average molecular weight is 307 g/mol. The van der Waals surface area contributed by atoms with Crippen molar-refractivity contribution in [3.8, 4) is 0 Å². The predicted molar refractivity (Wildman–Crippen MR) is 56.0 cm³/mol. The molecule has 0 aliphatic rings. The molecular weight excluding hydrogens is 300 g/mol. The minimum Gasteiger partial charge on any atom is -0.545 e. The normalized spacial score (nSPS) is 10.0. The summed E-state index contributed by atoms with van der Waals surface area (Å²) in [5.74, 6) is -1.13. The molecule has 0 saturated heterocycles. The summed E-state index contributed by atoms with van der Waals surface area (Å²) in [5.41, 5.74) is 2.01. The number of benzene rings is 1. The van der Waals surface area contributed by atoms with E-state index in [-0.39, 0.29) is 5.56 Å². The van der Waals surface area contributed by atoms with Crippen molar-refractivity contribution in [1.82, 2.24) is 0 Å². The number of rotatable bonds is 3. The van der Waals surface area contributed by atoms with Crippen LogP contribution in [0.2, 0.25) is 0 Å². The molecule has 1 aromatic carbocycles. The van der Waals surface area contributed by atoms with Crippen LogP contribution >= 0.6 is 31.9 Å². The fourth-order valence-corrected chi connectivity index (χ4v) is 2.30. The first-order valence-corrected chi connectivity index (χ1v) is 5.89. The molecule has 0 aliphatic carbocycles. The van der Waals surface area contributed by atoms with E-state index in [0.717, 1.165) is 11.1 Å². The summed E-state index contributed by atoms with van der Waals surface area (Å²) in [5, 5.41) is 11.9. The molecule has 4 heteroatoms. The Morgan fingerprint density at radius 3 is 2.46 bits per heavy atom. The Morgan fingerprint density at radius 1 is 1.31 bits per heavy atom. The Kier molecular flexibility index (Phi) is 3.93. The van der Waals surface area contributed by atoms with Crippen LogP contribution < -0.4 is 5.11 Å². The summed E-state index contributed by atoms with van der Waals surface area (Å²) >= 11 is 6.55. The van der Waals surface area contributed by atoms with Crippen LogP contribution in [-0.2, 0) is 10.7 Å². The highest BCUT2D eigenvalue weighted by atomic mass is 79.9. The van der Waals surface area contributed by atoms with Gasteiger partial charge in [-0.3, -0.25) is 0 Å². The maximum absolute atomic E-state index is 10.7. The summed E-state index contributed by atoms with van der Waals surface area (Å²) in [6, 6.07) is 5.16. The molecule has 0 aliphatic heterocycles. The van der Waals surface area contributed by atoms with Gasteiger partial charge in [0.2, 0.25) is 0 Å². The molecule has 0 aromatic heterocycles. The lowest BCUT2D eigenvalue weighted by Gasteiger charge is -2.11. The van der Waals surface area contributed by atoms with Gasteiger partial charge in [-0.2, -0.15) is 0 Å². The number of carboxylic acids is 1. The van der Waals surface area contributed by atoms with Crippen molar-refractivity contribution in [3.05, 3.63) is 34.9 Å². The van der Waals surface area contributed by atoms with Gasteiger partial charge in [-0.15, -0.1) is 0 Å². The zero-order valence-corrected chi connectivity index (χ0v) is 9.89. The topological polar surface area (TPSA) is 40.1 Å². The van der Waals surface area contributed by atoms with Crippen molar-refractivity contribution in [1.29, 1.82) is 0 Å².